The fourth-order valence-electron chi connectivity index (χ4n) is 2.67. The molecule has 0 fully saturated rings. The van der Waals surface area contributed by atoms with Gasteiger partial charge in [0.25, 0.3) is 5.91 Å². The van der Waals surface area contributed by atoms with Crippen LogP contribution in [0.4, 0.5) is 0 Å². The van der Waals surface area contributed by atoms with E-state index >= 15 is 0 Å². The fraction of sp³-hybridized carbons (Fsp3) is 0.435. The zero-order chi connectivity index (χ0) is 22.0. The van der Waals surface area contributed by atoms with E-state index in [0.717, 1.165) is 17.5 Å². The van der Waals surface area contributed by atoms with Crippen LogP contribution in [-0.2, 0) is 17.8 Å². The second-order valence-corrected chi connectivity index (χ2v) is 8.00. The van der Waals surface area contributed by atoms with Crippen LogP contribution in [0, 0.1) is 0 Å². The number of hydrogen-bond donors (Lipinski definition) is 3. The minimum absolute atomic E-state index is 0.00349. The van der Waals surface area contributed by atoms with Gasteiger partial charge in [-0.3, -0.25) is 4.79 Å². The minimum Gasteiger partial charge on any atom is -0.490 e. The van der Waals surface area contributed by atoms with Gasteiger partial charge in [0.1, 0.15) is 0 Å². The van der Waals surface area contributed by atoms with Gasteiger partial charge in [0.2, 0.25) is 0 Å². The lowest BCUT2D eigenvalue weighted by atomic mass is 10.1. The van der Waals surface area contributed by atoms with Crippen molar-refractivity contribution in [2.75, 3.05) is 26.4 Å². The van der Waals surface area contributed by atoms with Gasteiger partial charge >= 0.3 is 0 Å². The van der Waals surface area contributed by atoms with Gasteiger partial charge in [-0.2, -0.15) is 0 Å². The highest BCUT2D eigenvalue weighted by Gasteiger charge is 2.18. The molecule has 2 rings (SSSR count). The van der Waals surface area contributed by atoms with Crippen LogP contribution in [0.5, 0.6) is 11.5 Å². The lowest BCUT2D eigenvalue weighted by molar-refractivity contribution is -0.123. The third-order valence-electron chi connectivity index (χ3n) is 4.50. The lowest BCUT2D eigenvalue weighted by Gasteiger charge is -2.24. The second kappa shape index (κ2) is 11.8. The number of amides is 1. The molecule has 164 valence electrons. The summed E-state index contributed by atoms with van der Waals surface area (Å²) in [6.45, 7) is 7.02. The number of aliphatic hydroxyl groups excluding tert-OH is 1. The van der Waals surface area contributed by atoms with Crippen LogP contribution in [0.2, 0.25) is 5.02 Å². The number of ether oxygens (including phenoxy) is 2. The van der Waals surface area contributed by atoms with Gasteiger partial charge < -0.3 is 25.2 Å². The smallest absolute Gasteiger partial charge is 0.257 e. The molecule has 0 radical (unpaired) electrons. The number of halogens is 1. The Balaban J connectivity index is 1.93. The van der Waals surface area contributed by atoms with E-state index in [4.69, 9.17) is 21.1 Å². The first-order valence-corrected chi connectivity index (χ1v) is 10.5. The molecule has 0 aliphatic rings. The maximum absolute atomic E-state index is 12.1. The number of aliphatic hydroxyl groups is 1. The van der Waals surface area contributed by atoms with Gasteiger partial charge in [-0.25, -0.2) is 0 Å². The van der Waals surface area contributed by atoms with E-state index in [0.29, 0.717) is 36.2 Å². The van der Waals surface area contributed by atoms with Crippen molar-refractivity contribution in [3.63, 3.8) is 0 Å². The molecular formula is C23H31ClN2O4. The summed E-state index contributed by atoms with van der Waals surface area (Å²) in [4.78, 5) is 12.1. The zero-order valence-corrected chi connectivity index (χ0v) is 18.6. The molecule has 0 aromatic heterocycles. The highest BCUT2D eigenvalue weighted by Crippen LogP contribution is 2.34. The Kier molecular flexibility index (Phi) is 9.43. The van der Waals surface area contributed by atoms with E-state index in [2.05, 4.69) is 10.6 Å². The molecule has 0 atom stereocenters. The van der Waals surface area contributed by atoms with Gasteiger partial charge in [0.15, 0.2) is 18.1 Å². The largest absolute Gasteiger partial charge is 0.490 e. The first-order valence-electron chi connectivity index (χ1n) is 10.1. The number of hydrogen-bond acceptors (Lipinski definition) is 5. The molecule has 7 heteroatoms. The van der Waals surface area contributed by atoms with Crippen LogP contribution in [0.1, 0.15) is 31.9 Å². The third kappa shape index (κ3) is 7.86. The van der Waals surface area contributed by atoms with Crippen molar-refractivity contribution in [3.8, 4) is 11.5 Å². The SMILES string of the molecule is CCOc1cc(CNC(C)(C)CO)c(Cl)cc1OCC(=O)NCCc1ccccc1. The Labute approximate surface area is 183 Å². The normalized spacial score (nSPS) is 11.2. The quantitative estimate of drug-likeness (QED) is 0.477. The summed E-state index contributed by atoms with van der Waals surface area (Å²) < 4.78 is 11.3. The molecule has 0 unspecified atom stereocenters. The predicted octanol–water partition coefficient (Wildman–Crippen LogP) is 3.34. The van der Waals surface area contributed by atoms with Crippen molar-refractivity contribution in [3.05, 3.63) is 58.6 Å². The first-order chi connectivity index (χ1) is 14.3. The van der Waals surface area contributed by atoms with E-state index < -0.39 is 5.54 Å². The maximum atomic E-state index is 12.1. The molecule has 0 heterocycles. The van der Waals surface area contributed by atoms with E-state index in [1.165, 1.54) is 0 Å². The first kappa shape index (κ1) is 24.0. The number of carbonyl (C=O) groups excluding carboxylic acids is 1. The lowest BCUT2D eigenvalue weighted by Crippen LogP contribution is -2.42. The summed E-state index contributed by atoms with van der Waals surface area (Å²) in [7, 11) is 0. The number of nitrogens with one attached hydrogen (secondary N) is 2. The average molecular weight is 435 g/mol. The Hall–Kier alpha value is -2.28. The second-order valence-electron chi connectivity index (χ2n) is 7.59. The van der Waals surface area contributed by atoms with Crippen LogP contribution < -0.4 is 20.1 Å². The van der Waals surface area contributed by atoms with Gasteiger partial charge in [0.05, 0.1) is 13.2 Å². The van der Waals surface area contributed by atoms with Crippen molar-refractivity contribution < 1.29 is 19.4 Å². The molecule has 3 N–H and O–H groups in total. The van der Waals surface area contributed by atoms with Crippen molar-refractivity contribution in [1.82, 2.24) is 10.6 Å². The molecule has 6 nitrogen and oxygen atoms in total. The molecule has 0 aliphatic heterocycles. The standard InChI is InChI=1S/C23H31ClN2O4/c1-4-29-20-12-18(14-26-23(2,3)16-27)19(24)13-21(20)30-15-22(28)25-11-10-17-8-6-5-7-9-17/h5-9,12-13,26-27H,4,10-11,14-16H2,1-3H3,(H,25,28). The number of carbonyl (C=O) groups is 1. The summed E-state index contributed by atoms with van der Waals surface area (Å²) in [6.07, 6.45) is 0.758. The molecule has 0 bridgehead atoms. The Morgan fingerprint density at radius 2 is 1.83 bits per heavy atom. The maximum Gasteiger partial charge on any atom is 0.257 e. The molecule has 2 aromatic rings. The zero-order valence-electron chi connectivity index (χ0n) is 17.8. The van der Waals surface area contributed by atoms with Crippen LogP contribution in [0.25, 0.3) is 0 Å². The topological polar surface area (TPSA) is 79.8 Å². The molecule has 0 spiro atoms. The molecule has 0 saturated heterocycles. The van der Waals surface area contributed by atoms with Crippen molar-refractivity contribution in [2.45, 2.75) is 39.3 Å². The summed E-state index contributed by atoms with van der Waals surface area (Å²) >= 11 is 6.40. The third-order valence-corrected chi connectivity index (χ3v) is 4.85. The summed E-state index contributed by atoms with van der Waals surface area (Å²) in [5.41, 5.74) is 1.56. The molecular weight excluding hydrogens is 404 g/mol. The van der Waals surface area contributed by atoms with Gasteiger partial charge in [-0.1, -0.05) is 41.9 Å². The van der Waals surface area contributed by atoms with E-state index in [1.807, 2.05) is 51.1 Å². The summed E-state index contributed by atoms with van der Waals surface area (Å²) in [6, 6.07) is 13.4. The number of rotatable bonds is 12. The summed E-state index contributed by atoms with van der Waals surface area (Å²) in [5.74, 6) is 0.739. The predicted molar refractivity (Wildman–Crippen MR) is 119 cm³/mol. The monoisotopic (exact) mass is 434 g/mol. The Bertz CT molecular complexity index is 812. The fourth-order valence-corrected chi connectivity index (χ4v) is 2.89. The molecule has 0 aliphatic carbocycles. The average Bonchev–Trinajstić information content (AvgIpc) is 2.73. The number of benzene rings is 2. The van der Waals surface area contributed by atoms with Gasteiger partial charge in [-0.15, -0.1) is 0 Å². The molecule has 30 heavy (non-hydrogen) atoms. The van der Waals surface area contributed by atoms with E-state index in [9.17, 15) is 9.90 Å². The van der Waals surface area contributed by atoms with E-state index in [1.54, 1.807) is 12.1 Å². The van der Waals surface area contributed by atoms with Crippen molar-refractivity contribution in [2.24, 2.45) is 0 Å². The van der Waals surface area contributed by atoms with Crippen molar-refractivity contribution >= 4 is 17.5 Å². The van der Waals surface area contributed by atoms with Gasteiger partial charge in [-0.05, 0) is 44.4 Å². The van der Waals surface area contributed by atoms with E-state index in [-0.39, 0.29) is 19.1 Å². The van der Waals surface area contributed by atoms with Crippen molar-refractivity contribution in [1.29, 1.82) is 0 Å². The molecule has 0 saturated carbocycles. The van der Waals surface area contributed by atoms with Crippen LogP contribution in [-0.4, -0.2) is 42.9 Å². The van der Waals surface area contributed by atoms with Crippen LogP contribution in [0.3, 0.4) is 0 Å². The molecule has 2 aromatic carbocycles. The molecule has 1 amide bonds. The Morgan fingerprint density at radius 3 is 2.50 bits per heavy atom. The highest BCUT2D eigenvalue weighted by molar-refractivity contribution is 6.31. The summed E-state index contributed by atoms with van der Waals surface area (Å²) in [5, 5.41) is 16.0. The Morgan fingerprint density at radius 1 is 1.13 bits per heavy atom. The van der Waals surface area contributed by atoms with Crippen LogP contribution >= 0.6 is 11.6 Å². The highest BCUT2D eigenvalue weighted by atomic mass is 35.5. The minimum atomic E-state index is -0.428. The van der Waals surface area contributed by atoms with Crippen LogP contribution in [0.15, 0.2) is 42.5 Å². The van der Waals surface area contributed by atoms with Gasteiger partial charge in [0, 0.05) is 29.7 Å².